The van der Waals surface area contributed by atoms with Crippen molar-refractivity contribution in [2.45, 2.75) is 24.8 Å². The summed E-state index contributed by atoms with van der Waals surface area (Å²) in [6.07, 6.45) is 1.69. The van der Waals surface area contributed by atoms with Gasteiger partial charge in [0.2, 0.25) is 0 Å². The molecule has 0 radical (unpaired) electrons. The van der Waals surface area contributed by atoms with Crippen molar-refractivity contribution < 1.29 is 0 Å². The Balaban J connectivity index is 1.70. The lowest BCUT2D eigenvalue weighted by Gasteiger charge is -2.07. The quantitative estimate of drug-likeness (QED) is 0.558. The maximum absolute atomic E-state index is 12.4. The van der Waals surface area contributed by atoms with Gasteiger partial charge in [0.05, 0.1) is 6.20 Å². The molecule has 6 heteroatoms. The third-order valence-corrected chi connectivity index (χ3v) is 5.23. The summed E-state index contributed by atoms with van der Waals surface area (Å²) in [6.45, 7) is 4.18. The Morgan fingerprint density at radius 1 is 1.12 bits per heavy atom. The van der Waals surface area contributed by atoms with Crippen LogP contribution in [-0.4, -0.2) is 19.6 Å². The van der Waals surface area contributed by atoms with E-state index < -0.39 is 0 Å². The van der Waals surface area contributed by atoms with Crippen molar-refractivity contribution in [3.05, 3.63) is 81.9 Å². The maximum Gasteiger partial charge on any atom is 0.350 e. The molecule has 0 saturated carbocycles. The maximum atomic E-state index is 12.4. The minimum absolute atomic E-state index is 0.277. The SMILES string of the molecule is Cc1ccc(C)c(CSc2nc3c(-c4ccccc4)cnn3c(=O)[nH]2)c1. The Labute approximate surface area is 155 Å². The zero-order valence-corrected chi connectivity index (χ0v) is 15.4. The van der Waals surface area contributed by atoms with Gasteiger partial charge < -0.3 is 0 Å². The highest BCUT2D eigenvalue weighted by Crippen LogP contribution is 2.25. The lowest BCUT2D eigenvalue weighted by molar-refractivity contribution is 0.786. The largest absolute Gasteiger partial charge is 0.350 e. The molecule has 4 aromatic rings. The molecule has 0 atom stereocenters. The molecule has 0 spiro atoms. The summed E-state index contributed by atoms with van der Waals surface area (Å²) in [6, 6.07) is 16.3. The average Bonchev–Trinajstić information content (AvgIpc) is 3.08. The van der Waals surface area contributed by atoms with Crippen molar-refractivity contribution in [1.82, 2.24) is 19.6 Å². The molecule has 1 N–H and O–H groups in total. The van der Waals surface area contributed by atoms with Gasteiger partial charge in [-0.05, 0) is 30.5 Å². The highest BCUT2D eigenvalue weighted by Gasteiger charge is 2.12. The molecule has 5 nitrogen and oxygen atoms in total. The standard InChI is InChI=1S/C20H18N4OS/c1-13-8-9-14(2)16(10-13)12-26-19-22-18-17(15-6-4-3-5-7-15)11-21-24(18)20(25)23-19/h3-11H,12H2,1-2H3,(H,22,23,25). The zero-order valence-electron chi connectivity index (χ0n) is 14.6. The number of nitrogens with zero attached hydrogens (tertiary/aromatic N) is 3. The number of hydrogen-bond acceptors (Lipinski definition) is 4. The fraction of sp³-hybridized carbons (Fsp3) is 0.150. The molecular weight excluding hydrogens is 344 g/mol. The molecule has 0 fully saturated rings. The number of rotatable bonds is 4. The van der Waals surface area contributed by atoms with Gasteiger partial charge in [0.15, 0.2) is 10.8 Å². The second-order valence-corrected chi connectivity index (χ2v) is 7.19. The molecule has 0 bridgehead atoms. The van der Waals surface area contributed by atoms with E-state index in [9.17, 15) is 4.79 Å². The molecule has 2 aromatic heterocycles. The van der Waals surface area contributed by atoms with Crippen LogP contribution in [0.5, 0.6) is 0 Å². The van der Waals surface area contributed by atoms with Gasteiger partial charge in [0.1, 0.15) is 0 Å². The van der Waals surface area contributed by atoms with E-state index in [-0.39, 0.29) is 5.69 Å². The monoisotopic (exact) mass is 362 g/mol. The number of hydrogen-bond donors (Lipinski definition) is 1. The van der Waals surface area contributed by atoms with Crippen LogP contribution in [-0.2, 0) is 5.75 Å². The Hall–Kier alpha value is -2.86. The molecule has 0 aliphatic heterocycles. The number of fused-ring (bicyclic) bond motifs is 1. The van der Waals surface area contributed by atoms with E-state index in [0.29, 0.717) is 10.8 Å². The second-order valence-electron chi connectivity index (χ2n) is 6.23. The van der Waals surface area contributed by atoms with Crippen molar-refractivity contribution in [1.29, 1.82) is 0 Å². The van der Waals surface area contributed by atoms with Crippen LogP contribution in [0.2, 0.25) is 0 Å². The Morgan fingerprint density at radius 3 is 2.73 bits per heavy atom. The fourth-order valence-electron chi connectivity index (χ4n) is 2.86. The highest BCUT2D eigenvalue weighted by atomic mass is 32.2. The van der Waals surface area contributed by atoms with Crippen LogP contribution in [0.4, 0.5) is 0 Å². The Bertz CT molecular complexity index is 1130. The minimum atomic E-state index is -0.277. The summed E-state index contributed by atoms with van der Waals surface area (Å²) in [7, 11) is 0. The predicted octanol–water partition coefficient (Wildman–Crippen LogP) is 3.99. The van der Waals surface area contributed by atoms with E-state index in [1.807, 2.05) is 30.3 Å². The Kier molecular flexibility index (Phi) is 4.34. The van der Waals surface area contributed by atoms with Gasteiger partial charge in [-0.3, -0.25) is 4.98 Å². The molecule has 0 unspecified atom stereocenters. The summed E-state index contributed by atoms with van der Waals surface area (Å²) in [5, 5.41) is 4.78. The van der Waals surface area contributed by atoms with E-state index >= 15 is 0 Å². The van der Waals surface area contributed by atoms with Gasteiger partial charge in [-0.1, -0.05) is 65.9 Å². The number of aromatic nitrogens is 4. The first-order valence-corrected chi connectivity index (χ1v) is 9.33. The molecule has 2 aromatic carbocycles. The summed E-state index contributed by atoms with van der Waals surface area (Å²) < 4.78 is 1.31. The topological polar surface area (TPSA) is 63.1 Å². The lowest BCUT2D eigenvalue weighted by atomic mass is 10.1. The summed E-state index contributed by atoms with van der Waals surface area (Å²) in [4.78, 5) is 19.8. The smallest absolute Gasteiger partial charge is 0.285 e. The van der Waals surface area contributed by atoms with Crippen molar-refractivity contribution >= 4 is 17.4 Å². The van der Waals surface area contributed by atoms with Crippen LogP contribution in [0.3, 0.4) is 0 Å². The van der Waals surface area contributed by atoms with Crippen molar-refractivity contribution in [3.63, 3.8) is 0 Å². The third kappa shape index (κ3) is 3.15. The molecule has 0 saturated heterocycles. The van der Waals surface area contributed by atoms with E-state index in [2.05, 4.69) is 47.1 Å². The molecule has 0 aliphatic carbocycles. The van der Waals surface area contributed by atoms with Crippen LogP contribution in [0.15, 0.2) is 64.7 Å². The number of aromatic amines is 1. The van der Waals surface area contributed by atoms with Gasteiger partial charge >= 0.3 is 5.69 Å². The number of nitrogens with one attached hydrogen (secondary N) is 1. The first kappa shape index (κ1) is 16.6. The Morgan fingerprint density at radius 2 is 1.92 bits per heavy atom. The van der Waals surface area contributed by atoms with E-state index in [0.717, 1.165) is 16.9 Å². The van der Waals surface area contributed by atoms with Gasteiger partial charge in [0, 0.05) is 11.3 Å². The number of H-pyrrole nitrogens is 1. The van der Waals surface area contributed by atoms with Crippen LogP contribution in [0, 0.1) is 13.8 Å². The predicted molar refractivity (Wildman–Crippen MR) is 105 cm³/mol. The molecule has 4 rings (SSSR count). The highest BCUT2D eigenvalue weighted by molar-refractivity contribution is 7.98. The number of aryl methyl sites for hydroxylation is 2. The zero-order chi connectivity index (χ0) is 18.1. The van der Waals surface area contributed by atoms with Gasteiger partial charge in [-0.15, -0.1) is 0 Å². The third-order valence-electron chi connectivity index (χ3n) is 4.31. The molecule has 26 heavy (non-hydrogen) atoms. The van der Waals surface area contributed by atoms with Crippen LogP contribution in [0.1, 0.15) is 16.7 Å². The van der Waals surface area contributed by atoms with Crippen molar-refractivity contribution in [2.75, 3.05) is 0 Å². The van der Waals surface area contributed by atoms with Crippen molar-refractivity contribution in [3.8, 4) is 11.1 Å². The summed E-state index contributed by atoms with van der Waals surface area (Å²) in [5.41, 5.74) is 5.85. The lowest BCUT2D eigenvalue weighted by Crippen LogP contribution is -2.19. The molecule has 2 heterocycles. The first-order valence-electron chi connectivity index (χ1n) is 8.34. The summed E-state index contributed by atoms with van der Waals surface area (Å²) in [5.74, 6) is 0.751. The van der Waals surface area contributed by atoms with Crippen LogP contribution >= 0.6 is 11.8 Å². The van der Waals surface area contributed by atoms with Crippen LogP contribution < -0.4 is 5.69 Å². The fourth-order valence-corrected chi connectivity index (χ4v) is 3.77. The second kappa shape index (κ2) is 6.80. The molecule has 0 aliphatic rings. The van der Waals surface area contributed by atoms with Gasteiger partial charge in [0.25, 0.3) is 0 Å². The number of thioether (sulfide) groups is 1. The van der Waals surface area contributed by atoms with E-state index in [1.54, 1.807) is 6.20 Å². The van der Waals surface area contributed by atoms with Gasteiger partial charge in [-0.2, -0.15) is 9.61 Å². The number of benzene rings is 2. The van der Waals surface area contributed by atoms with E-state index in [4.69, 9.17) is 0 Å². The summed E-state index contributed by atoms with van der Waals surface area (Å²) >= 11 is 1.52. The average molecular weight is 362 g/mol. The normalized spacial score (nSPS) is 11.2. The molecular formula is C20H18N4OS. The minimum Gasteiger partial charge on any atom is -0.285 e. The molecule has 0 amide bonds. The van der Waals surface area contributed by atoms with E-state index in [1.165, 1.54) is 33.0 Å². The molecule has 130 valence electrons. The van der Waals surface area contributed by atoms with Crippen LogP contribution in [0.25, 0.3) is 16.8 Å². The first-order chi connectivity index (χ1) is 12.6. The van der Waals surface area contributed by atoms with Gasteiger partial charge in [-0.25, -0.2) is 9.78 Å². The van der Waals surface area contributed by atoms with Crippen molar-refractivity contribution in [2.24, 2.45) is 0 Å².